The van der Waals surface area contributed by atoms with E-state index in [2.05, 4.69) is 11.7 Å². The number of allylic oxidation sites excluding steroid dienone is 1. The first kappa shape index (κ1) is 14.5. The average Bonchev–Trinajstić information content (AvgIpc) is 2.75. The normalized spacial score (nSPS) is 20.8. The lowest BCUT2D eigenvalue weighted by atomic mass is 10.0. The zero-order valence-corrected chi connectivity index (χ0v) is 9.92. The summed E-state index contributed by atoms with van der Waals surface area (Å²) in [5.41, 5.74) is -3.15. The third-order valence-corrected chi connectivity index (χ3v) is 3.02. The number of carbonyl (C=O) groups is 1. The third-order valence-electron chi connectivity index (χ3n) is 3.02. The van der Waals surface area contributed by atoms with Crippen LogP contribution in [0.15, 0.2) is 12.7 Å². The number of aliphatic carboxylic acids is 1. The summed E-state index contributed by atoms with van der Waals surface area (Å²) in [7, 11) is 0. The van der Waals surface area contributed by atoms with Crippen LogP contribution in [0.4, 0.5) is 22.0 Å². The number of carboxylic acids is 1. The molecule has 1 aliphatic rings. The SMILES string of the molecule is C=C[C@H]1CC(F)(F)c2c1c(C(F)(F)F)nn2CC(=O)O. The maximum absolute atomic E-state index is 13.8. The highest BCUT2D eigenvalue weighted by Gasteiger charge is 2.53. The molecule has 0 bridgehead atoms. The fraction of sp³-hybridized carbons (Fsp3) is 0.455. The highest BCUT2D eigenvalue weighted by Crippen LogP contribution is 2.52. The summed E-state index contributed by atoms with van der Waals surface area (Å²) in [6.07, 6.45) is -4.82. The molecule has 0 saturated heterocycles. The molecule has 0 amide bonds. The first-order valence-corrected chi connectivity index (χ1v) is 5.48. The molecule has 110 valence electrons. The zero-order valence-electron chi connectivity index (χ0n) is 9.92. The molecule has 1 aromatic rings. The predicted octanol–water partition coefficient (Wildman–Crippen LogP) is 2.75. The molecule has 0 saturated carbocycles. The van der Waals surface area contributed by atoms with Gasteiger partial charge < -0.3 is 5.11 Å². The molecule has 0 aromatic carbocycles. The van der Waals surface area contributed by atoms with E-state index >= 15 is 0 Å². The van der Waals surface area contributed by atoms with Gasteiger partial charge in [-0.3, -0.25) is 9.48 Å². The molecule has 0 radical (unpaired) electrons. The van der Waals surface area contributed by atoms with Gasteiger partial charge in [0.1, 0.15) is 12.2 Å². The predicted molar refractivity (Wildman–Crippen MR) is 56.3 cm³/mol. The van der Waals surface area contributed by atoms with E-state index in [9.17, 15) is 26.7 Å². The van der Waals surface area contributed by atoms with E-state index in [1.807, 2.05) is 0 Å². The summed E-state index contributed by atoms with van der Waals surface area (Å²) in [5, 5.41) is 11.6. The highest BCUT2D eigenvalue weighted by atomic mass is 19.4. The van der Waals surface area contributed by atoms with E-state index in [1.54, 1.807) is 0 Å². The minimum atomic E-state index is -4.94. The van der Waals surface area contributed by atoms with Gasteiger partial charge in [-0.05, 0) is 0 Å². The lowest BCUT2D eigenvalue weighted by Crippen LogP contribution is -2.20. The molecule has 20 heavy (non-hydrogen) atoms. The fourth-order valence-corrected chi connectivity index (χ4v) is 2.34. The summed E-state index contributed by atoms with van der Waals surface area (Å²) >= 11 is 0. The third kappa shape index (κ3) is 2.16. The number of nitrogens with zero attached hydrogens (tertiary/aromatic N) is 2. The molecule has 0 unspecified atom stereocenters. The lowest BCUT2D eigenvalue weighted by molar-refractivity contribution is -0.143. The molecule has 0 spiro atoms. The first-order chi connectivity index (χ1) is 9.08. The van der Waals surface area contributed by atoms with Crippen molar-refractivity contribution in [2.45, 2.75) is 31.0 Å². The second-order valence-electron chi connectivity index (χ2n) is 4.41. The molecule has 9 heteroatoms. The fourth-order valence-electron chi connectivity index (χ4n) is 2.34. The Balaban J connectivity index is 2.70. The van der Waals surface area contributed by atoms with Crippen molar-refractivity contribution in [3.05, 3.63) is 29.6 Å². The van der Waals surface area contributed by atoms with Crippen molar-refractivity contribution in [1.82, 2.24) is 9.78 Å². The summed E-state index contributed by atoms with van der Waals surface area (Å²) in [5.74, 6) is -6.33. The van der Waals surface area contributed by atoms with Crippen LogP contribution in [0.2, 0.25) is 0 Å². The molecule has 1 heterocycles. The van der Waals surface area contributed by atoms with Crippen LogP contribution in [0.3, 0.4) is 0 Å². The van der Waals surface area contributed by atoms with Gasteiger partial charge >= 0.3 is 12.1 Å². The number of hydrogen-bond donors (Lipinski definition) is 1. The van der Waals surface area contributed by atoms with Crippen LogP contribution in [-0.4, -0.2) is 20.9 Å². The van der Waals surface area contributed by atoms with Crippen LogP contribution in [0.5, 0.6) is 0 Å². The van der Waals surface area contributed by atoms with E-state index < -0.39 is 53.9 Å². The highest BCUT2D eigenvalue weighted by molar-refractivity contribution is 5.66. The topological polar surface area (TPSA) is 55.1 Å². The summed E-state index contributed by atoms with van der Waals surface area (Å²) < 4.78 is 66.4. The van der Waals surface area contributed by atoms with Crippen molar-refractivity contribution in [2.75, 3.05) is 0 Å². The maximum Gasteiger partial charge on any atom is 0.435 e. The minimum absolute atomic E-state index is 0.212. The monoisotopic (exact) mass is 296 g/mol. The Hall–Kier alpha value is -1.93. The van der Waals surface area contributed by atoms with Crippen molar-refractivity contribution in [1.29, 1.82) is 0 Å². The molecule has 4 nitrogen and oxygen atoms in total. The van der Waals surface area contributed by atoms with Gasteiger partial charge in [0.25, 0.3) is 5.92 Å². The van der Waals surface area contributed by atoms with Crippen molar-refractivity contribution in [3.8, 4) is 0 Å². The molecule has 1 N–H and O–H groups in total. The number of alkyl halides is 5. The Kier molecular flexibility index (Phi) is 3.10. The number of rotatable bonds is 3. The Morgan fingerprint density at radius 1 is 1.55 bits per heavy atom. The van der Waals surface area contributed by atoms with Crippen molar-refractivity contribution in [3.63, 3.8) is 0 Å². The van der Waals surface area contributed by atoms with E-state index in [0.29, 0.717) is 0 Å². The standard InChI is InChI=1S/C11H9F5N2O2/c1-2-5-3-10(12,13)9-7(5)8(11(14,15)16)17-18(9)4-6(19)20/h2,5H,1,3-4H2,(H,19,20)/t5-/m0/s1. The molecule has 2 rings (SSSR count). The second-order valence-corrected chi connectivity index (χ2v) is 4.41. The summed E-state index contributed by atoms with van der Waals surface area (Å²) in [6.45, 7) is 2.19. The van der Waals surface area contributed by atoms with Crippen LogP contribution in [-0.2, 0) is 23.4 Å². The first-order valence-electron chi connectivity index (χ1n) is 5.48. The molecule has 1 aliphatic carbocycles. The van der Waals surface area contributed by atoms with E-state index in [1.165, 1.54) is 0 Å². The van der Waals surface area contributed by atoms with Gasteiger partial charge in [0.05, 0.1) is 0 Å². The molecule has 1 atom stereocenters. The van der Waals surface area contributed by atoms with E-state index in [-0.39, 0.29) is 4.68 Å². The Labute approximate surface area is 109 Å². The minimum Gasteiger partial charge on any atom is -0.480 e. The van der Waals surface area contributed by atoms with Gasteiger partial charge in [-0.1, -0.05) is 6.08 Å². The van der Waals surface area contributed by atoms with Gasteiger partial charge in [0, 0.05) is 17.9 Å². The quantitative estimate of drug-likeness (QED) is 0.689. The van der Waals surface area contributed by atoms with Crippen LogP contribution < -0.4 is 0 Å². The largest absolute Gasteiger partial charge is 0.480 e. The average molecular weight is 296 g/mol. The van der Waals surface area contributed by atoms with Crippen molar-refractivity contribution < 1.29 is 31.9 Å². The molecular formula is C11H9F5N2O2. The Morgan fingerprint density at radius 2 is 2.15 bits per heavy atom. The molecule has 1 aromatic heterocycles. The summed E-state index contributed by atoms with van der Waals surface area (Å²) in [6, 6.07) is 0. The van der Waals surface area contributed by atoms with Gasteiger partial charge in [0.2, 0.25) is 0 Å². The molecule has 0 aliphatic heterocycles. The zero-order chi connectivity index (χ0) is 15.3. The van der Waals surface area contributed by atoms with Crippen LogP contribution in [0, 0.1) is 0 Å². The Morgan fingerprint density at radius 3 is 2.60 bits per heavy atom. The molecule has 0 fully saturated rings. The van der Waals surface area contributed by atoms with E-state index in [4.69, 9.17) is 5.11 Å². The number of aromatic nitrogens is 2. The van der Waals surface area contributed by atoms with Crippen LogP contribution in [0.1, 0.15) is 29.3 Å². The van der Waals surface area contributed by atoms with Gasteiger partial charge in [0.15, 0.2) is 5.69 Å². The number of halogens is 5. The Bertz CT molecular complexity index is 576. The number of fused-ring (bicyclic) bond motifs is 1. The van der Waals surface area contributed by atoms with Crippen molar-refractivity contribution in [2.24, 2.45) is 0 Å². The van der Waals surface area contributed by atoms with Gasteiger partial charge in [-0.2, -0.15) is 27.1 Å². The number of carboxylic acid groups (broad SMARTS) is 1. The lowest BCUT2D eigenvalue weighted by Gasteiger charge is -2.12. The second kappa shape index (κ2) is 4.29. The summed E-state index contributed by atoms with van der Waals surface area (Å²) in [4.78, 5) is 10.6. The maximum atomic E-state index is 13.8. The smallest absolute Gasteiger partial charge is 0.435 e. The van der Waals surface area contributed by atoms with Gasteiger partial charge in [-0.25, -0.2) is 0 Å². The van der Waals surface area contributed by atoms with Crippen LogP contribution >= 0.6 is 0 Å². The van der Waals surface area contributed by atoms with E-state index in [0.717, 1.165) is 6.08 Å². The van der Waals surface area contributed by atoms with Gasteiger partial charge in [-0.15, -0.1) is 6.58 Å². The van der Waals surface area contributed by atoms with Crippen LogP contribution in [0.25, 0.3) is 0 Å². The number of hydrogen-bond acceptors (Lipinski definition) is 2. The van der Waals surface area contributed by atoms with Crippen molar-refractivity contribution >= 4 is 5.97 Å². The molecular weight excluding hydrogens is 287 g/mol.